The second-order valence-electron chi connectivity index (χ2n) is 6.73. The van der Waals surface area contributed by atoms with E-state index in [1.807, 2.05) is 17.6 Å². The predicted octanol–water partition coefficient (Wildman–Crippen LogP) is 2.56. The maximum absolute atomic E-state index is 12.1. The van der Waals surface area contributed by atoms with Gasteiger partial charge < -0.3 is 5.11 Å². The van der Waals surface area contributed by atoms with Gasteiger partial charge in [-0.25, -0.2) is 9.97 Å². The SMILES string of the molecule is Cc1ccnc2c1nc(NC(=O)CC(C)(C)O)n2C1CCC1. The molecule has 2 aromatic heterocycles. The zero-order valence-corrected chi connectivity index (χ0v) is 13.3. The van der Waals surface area contributed by atoms with Crippen LogP contribution in [0.4, 0.5) is 5.95 Å². The average molecular weight is 302 g/mol. The molecule has 0 aliphatic heterocycles. The Hall–Kier alpha value is -1.95. The highest BCUT2D eigenvalue weighted by molar-refractivity contribution is 5.92. The summed E-state index contributed by atoms with van der Waals surface area (Å²) in [6, 6.07) is 2.26. The first kappa shape index (κ1) is 15.0. The molecule has 1 aliphatic carbocycles. The number of amides is 1. The van der Waals surface area contributed by atoms with E-state index in [-0.39, 0.29) is 12.3 Å². The summed E-state index contributed by atoms with van der Waals surface area (Å²) in [7, 11) is 0. The molecule has 0 unspecified atom stereocenters. The molecule has 1 saturated carbocycles. The maximum atomic E-state index is 12.1. The molecule has 6 nitrogen and oxygen atoms in total. The van der Waals surface area contributed by atoms with E-state index in [1.165, 1.54) is 6.42 Å². The molecule has 118 valence electrons. The maximum Gasteiger partial charge on any atom is 0.229 e. The van der Waals surface area contributed by atoms with Crippen molar-refractivity contribution in [2.75, 3.05) is 5.32 Å². The number of pyridine rings is 1. The van der Waals surface area contributed by atoms with Crippen LogP contribution in [0, 0.1) is 6.92 Å². The molecule has 0 bridgehead atoms. The smallest absolute Gasteiger partial charge is 0.229 e. The van der Waals surface area contributed by atoms with Gasteiger partial charge in [-0.2, -0.15) is 0 Å². The Balaban J connectivity index is 1.97. The lowest BCUT2D eigenvalue weighted by molar-refractivity contribution is -0.119. The van der Waals surface area contributed by atoms with Gasteiger partial charge in [0.1, 0.15) is 5.52 Å². The zero-order valence-electron chi connectivity index (χ0n) is 13.3. The number of hydrogen-bond acceptors (Lipinski definition) is 4. The number of aliphatic hydroxyl groups is 1. The monoisotopic (exact) mass is 302 g/mol. The van der Waals surface area contributed by atoms with E-state index in [1.54, 1.807) is 20.0 Å². The molecular formula is C16H22N4O2. The fourth-order valence-corrected chi connectivity index (χ4v) is 2.75. The second-order valence-corrected chi connectivity index (χ2v) is 6.73. The van der Waals surface area contributed by atoms with E-state index in [0.29, 0.717) is 12.0 Å². The lowest BCUT2D eigenvalue weighted by Gasteiger charge is -2.28. The third-order valence-electron chi connectivity index (χ3n) is 4.06. The molecule has 6 heteroatoms. The average Bonchev–Trinajstić information content (AvgIpc) is 2.65. The third kappa shape index (κ3) is 2.83. The number of rotatable bonds is 4. The van der Waals surface area contributed by atoms with Gasteiger partial charge >= 0.3 is 0 Å². The van der Waals surface area contributed by atoms with Gasteiger partial charge in [0.15, 0.2) is 5.65 Å². The van der Waals surface area contributed by atoms with Crippen molar-refractivity contribution in [2.45, 2.75) is 58.1 Å². The van der Waals surface area contributed by atoms with E-state index in [4.69, 9.17) is 0 Å². The number of imidazole rings is 1. The van der Waals surface area contributed by atoms with Crippen molar-refractivity contribution in [2.24, 2.45) is 0 Å². The van der Waals surface area contributed by atoms with Crippen molar-refractivity contribution >= 4 is 23.0 Å². The first-order chi connectivity index (χ1) is 10.3. The molecule has 0 spiro atoms. The van der Waals surface area contributed by atoms with Gasteiger partial charge in [-0.1, -0.05) is 0 Å². The Morgan fingerprint density at radius 3 is 2.82 bits per heavy atom. The van der Waals surface area contributed by atoms with Crippen LogP contribution in [0.5, 0.6) is 0 Å². The quantitative estimate of drug-likeness (QED) is 0.909. The topological polar surface area (TPSA) is 80.0 Å². The highest BCUT2D eigenvalue weighted by atomic mass is 16.3. The van der Waals surface area contributed by atoms with Crippen LogP contribution in [-0.4, -0.2) is 31.1 Å². The summed E-state index contributed by atoms with van der Waals surface area (Å²) < 4.78 is 2.04. The standard InChI is InChI=1S/C16H22N4O2/c1-10-7-8-17-14-13(10)19-15(20(14)11-5-4-6-11)18-12(21)9-16(2,3)22/h7-8,11,22H,4-6,9H2,1-3H3,(H,18,19,21). The van der Waals surface area contributed by atoms with Crippen molar-refractivity contribution in [3.63, 3.8) is 0 Å². The van der Waals surface area contributed by atoms with Crippen LogP contribution in [0.15, 0.2) is 12.3 Å². The largest absolute Gasteiger partial charge is 0.390 e. The second kappa shape index (κ2) is 5.35. The van der Waals surface area contributed by atoms with Gasteiger partial charge in [0.2, 0.25) is 11.9 Å². The number of hydrogen-bond donors (Lipinski definition) is 2. The molecule has 0 saturated heterocycles. The minimum absolute atomic E-state index is 0.0350. The van der Waals surface area contributed by atoms with Crippen molar-refractivity contribution in [1.29, 1.82) is 0 Å². The molecular weight excluding hydrogens is 280 g/mol. The Morgan fingerprint density at radius 1 is 1.50 bits per heavy atom. The predicted molar refractivity (Wildman–Crippen MR) is 84.7 cm³/mol. The molecule has 3 rings (SSSR count). The number of anilines is 1. The Kier molecular flexibility index (Phi) is 3.64. The first-order valence-electron chi connectivity index (χ1n) is 7.71. The summed E-state index contributed by atoms with van der Waals surface area (Å²) in [6.45, 7) is 5.23. The number of fused-ring (bicyclic) bond motifs is 1. The van der Waals surface area contributed by atoms with Crippen LogP contribution in [0.2, 0.25) is 0 Å². The lowest BCUT2D eigenvalue weighted by atomic mass is 9.93. The summed E-state index contributed by atoms with van der Waals surface area (Å²) in [5.74, 6) is 0.303. The highest BCUT2D eigenvalue weighted by Gasteiger charge is 2.27. The minimum Gasteiger partial charge on any atom is -0.390 e. The first-order valence-corrected chi connectivity index (χ1v) is 7.71. The fraction of sp³-hybridized carbons (Fsp3) is 0.562. The van der Waals surface area contributed by atoms with Crippen molar-refractivity contribution in [3.05, 3.63) is 17.8 Å². The normalized spacial score (nSPS) is 15.8. The number of nitrogens with one attached hydrogen (secondary N) is 1. The van der Waals surface area contributed by atoms with Gasteiger partial charge in [-0.05, 0) is 51.7 Å². The molecule has 0 radical (unpaired) electrons. The van der Waals surface area contributed by atoms with Gasteiger partial charge in [0.05, 0.1) is 12.0 Å². The van der Waals surface area contributed by atoms with Crippen molar-refractivity contribution < 1.29 is 9.90 Å². The molecule has 0 aromatic carbocycles. The van der Waals surface area contributed by atoms with Crippen LogP contribution >= 0.6 is 0 Å². The summed E-state index contributed by atoms with van der Waals surface area (Å²) in [5, 5.41) is 12.6. The Labute approximate surface area is 129 Å². The van der Waals surface area contributed by atoms with E-state index >= 15 is 0 Å². The molecule has 22 heavy (non-hydrogen) atoms. The van der Waals surface area contributed by atoms with Crippen molar-refractivity contribution in [1.82, 2.24) is 14.5 Å². The van der Waals surface area contributed by atoms with E-state index in [9.17, 15) is 9.90 Å². The molecule has 1 aliphatic rings. The molecule has 0 atom stereocenters. The highest BCUT2D eigenvalue weighted by Crippen LogP contribution is 2.37. The Bertz CT molecular complexity index is 711. The number of aryl methyl sites for hydroxylation is 1. The molecule has 2 heterocycles. The summed E-state index contributed by atoms with van der Waals surface area (Å²) in [4.78, 5) is 21.1. The number of nitrogens with zero attached hydrogens (tertiary/aromatic N) is 3. The summed E-state index contributed by atoms with van der Waals surface area (Å²) in [5.41, 5.74) is 1.66. The molecule has 1 fully saturated rings. The summed E-state index contributed by atoms with van der Waals surface area (Å²) in [6.07, 6.45) is 5.16. The van der Waals surface area contributed by atoms with Gasteiger partial charge in [-0.3, -0.25) is 14.7 Å². The van der Waals surface area contributed by atoms with Crippen LogP contribution < -0.4 is 5.32 Å². The van der Waals surface area contributed by atoms with Crippen LogP contribution in [-0.2, 0) is 4.79 Å². The van der Waals surface area contributed by atoms with Crippen LogP contribution in [0.1, 0.15) is 51.1 Å². The molecule has 2 N–H and O–H groups in total. The van der Waals surface area contributed by atoms with Gasteiger partial charge in [-0.15, -0.1) is 0 Å². The third-order valence-corrected chi connectivity index (χ3v) is 4.06. The summed E-state index contributed by atoms with van der Waals surface area (Å²) >= 11 is 0. The van der Waals surface area contributed by atoms with Gasteiger partial charge in [0, 0.05) is 12.2 Å². The van der Waals surface area contributed by atoms with Crippen molar-refractivity contribution in [3.8, 4) is 0 Å². The van der Waals surface area contributed by atoms with E-state index in [0.717, 1.165) is 29.6 Å². The molecule has 2 aromatic rings. The van der Waals surface area contributed by atoms with E-state index in [2.05, 4.69) is 15.3 Å². The van der Waals surface area contributed by atoms with Crippen LogP contribution in [0.25, 0.3) is 11.2 Å². The van der Waals surface area contributed by atoms with Gasteiger partial charge in [0.25, 0.3) is 0 Å². The Morgan fingerprint density at radius 2 is 2.23 bits per heavy atom. The fourth-order valence-electron chi connectivity index (χ4n) is 2.75. The molecule has 1 amide bonds. The van der Waals surface area contributed by atoms with E-state index < -0.39 is 5.60 Å². The zero-order chi connectivity index (χ0) is 15.9. The number of carbonyl (C=O) groups is 1. The minimum atomic E-state index is -1.04. The number of carbonyl (C=O) groups excluding carboxylic acids is 1. The number of aromatic nitrogens is 3. The van der Waals surface area contributed by atoms with Crippen LogP contribution in [0.3, 0.4) is 0 Å². The lowest BCUT2D eigenvalue weighted by Crippen LogP contribution is -2.29.